The van der Waals surface area contributed by atoms with Crippen molar-refractivity contribution in [2.24, 2.45) is 0 Å². The van der Waals surface area contributed by atoms with Crippen LogP contribution in [0.4, 0.5) is 0 Å². The zero-order chi connectivity index (χ0) is 11.8. The monoisotopic (exact) mass is 306 g/mol. The number of imidazole rings is 1. The smallest absolute Gasteiger partial charge is 0.195 e. The van der Waals surface area contributed by atoms with Gasteiger partial charge < -0.3 is 0 Å². The quantitative estimate of drug-likeness (QED) is 0.686. The lowest BCUT2D eigenvalue weighted by atomic mass is 10.2. The maximum absolute atomic E-state index is 4.69. The van der Waals surface area contributed by atoms with Crippen LogP contribution in [-0.4, -0.2) is 9.38 Å². The van der Waals surface area contributed by atoms with E-state index in [1.807, 2.05) is 18.2 Å². The molecule has 0 saturated carbocycles. The van der Waals surface area contributed by atoms with E-state index < -0.39 is 0 Å². The third kappa shape index (κ3) is 1.81. The molecule has 0 radical (unpaired) electrons. The van der Waals surface area contributed by atoms with Gasteiger partial charge in [-0.1, -0.05) is 37.3 Å². The molecular formula is C13H11BrN2S. The Morgan fingerprint density at radius 1 is 1.29 bits per heavy atom. The average Bonchev–Trinajstić information content (AvgIpc) is 2.90. The second-order valence-corrected chi connectivity index (χ2v) is 5.67. The van der Waals surface area contributed by atoms with Crippen molar-refractivity contribution in [3.63, 3.8) is 0 Å². The normalized spacial score (nSPS) is 11.2. The van der Waals surface area contributed by atoms with Gasteiger partial charge in [0.15, 0.2) is 4.96 Å². The molecule has 0 atom stereocenters. The number of halogens is 1. The van der Waals surface area contributed by atoms with E-state index in [-0.39, 0.29) is 0 Å². The van der Waals surface area contributed by atoms with E-state index in [4.69, 9.17) is 0 Å². The van der Waals surface area contributed by atoms with Crippen LogP contribution in [0.25, 0.3) is 16.2 Å². The second kappa shape index (κ2) is 4.27. The first-order chi connectivity index (χ1) is 8.29. The van der Waals surface area contributed by atoms with E-state index in [2.05, 4.69) is 50.6 Å². The van der Waals surface area contributed by atoms with E-state index >= 15 is 0 Å². The number of nitrogens with zero attached hydrogens (tertiary/aromatic N) is 2. The first kappa shape index (κ1) is 11.0. The lowest BCUT2D eigenvalue weighted by Crippen LogP contribution is -1.80. The summed E-state index contributed by atoms with van der Waals surface area (Å²) in [7, 11) is 0. The molecule has 4 heteroatoms. The average molecular weight is 307 g/mol. The van der Waals surface area contributed by atoms with E-state index in [1.165, 1.54) is 4.88 Å². The Bertz CT molecular complexity index is 655. The minimum absolute atomic E-state index is 1.01. The van der Waals surface area contributed by atoms with Crippen molar-refractivity contribution in [1.82, 2.24) is 9.38 Å². The van der Waals surface area contributed by atoms with Crippen LogP contribution in [0.5, 0.6) is 0 Å². The van der Waals surface area contributed by atoms with E-state index in [1.54, 1.807) is 11.3 Å². The summed E-state index contributed by atoms with van der Waals surface area (Å²) in [5.41, 5.74) is 2.16. The molecule has 3 rings (SSSR count). The van der Waals surface area contributed by atoms with Gasteiger partial charge in [-0.25, -0.2) is 4.98 Å². The number of hydrogen-bond donors (Lipinski definition) is 0. The maximum Gasteiger partial charge on any atom is 0.195 e. The molecule has 1 aromatic carbocycles. The number of aryl methyl sites for hydroxylation is 1. The Morgan fingerprint density at radius 3 is 2.71 bits per heavy atom. The summed E-state index contributed by atoms with van der Waals surface area (Å²) in [5, 5.41) is 0. The predicted octanol–water partition coefficient (Wildman–Crippen LogP) is 4.39. The van der Waals surface area contributed by atoms with Crippen molar-refractivity contribution in [2.45, 2.75) is 13.3 Å². The van der Waals surface area contributed by atoms with Crippen LogP contribution in [0.3, 0.4) is 0 Å². The highest BCUT2D eigenvalue weighted by atomic mass is 79.9. The van der Waals surface area contributed by atoms with Gasteiger partial charge in [0.2, 0.25) is 0 Å². The van der Waals surface area contributed by atoms with Gasteiger partial charge in [-0.15, -0.1) is 11.3 Å². The Kier molecular flexibility index (Phi) is 2.76. The second-order valence-electron chi connectivity index (χ2n) is 3.82. The van der Waals surface area contributed by atoms with Crippen molar-refractivity contribution < 1.29 is 0 Å². The molecule has 86 valence electrons. The lowest BCUT2D eigenvalue weighted by molar-refractivity contribution is 1.12. The van der Waals surface area contributed by atoms with Crippen molar-refractivity contribution in [3.8, 4) is 11.3 Å². The highest BCUT2D eigenvalue weighted by Gasteiger charge is 2.13. The van der Waals surface area contributed by atoms with Crippen LogP contribution >= 0.6 is 27.3 Å². The minimum Gasteiger partial charge on any atom is -0.284 e. The van der Waals surface area contributed by atoms with Gasteiger partial charge in [0.05, 0.1) is 0 Å². The number of hydrogen-bond acceptors (Lipinski definition) is 2. The summed E-state index contributed by atoms with van der Waals surface area (Å²) in [4.78, 5) is 7.09. The standard InChI is InChI=1S/C13H11BrN2S/c1-2-10-8-16-12(14)11(15-13(16)17-10)9-6-4-3-5-7-9/h3-8H,2H2,1H3. The van der Waals surface area contributed by atoms with Gasteiger partial charge in [0.1, 0.15) is 10.3 Å². The molecule has 3 aromatic rings. The summed E-state index contributed by atoms with van der Waals surface area (Å²) in [6, 6.07) is 10.3. The van der Waals surface area contributed by atoms with Gasteiger partial charge in [0, 0.05) is 16.6 Å². The number of rotatable bonds is 2. The fourth-order valence-corrected chi connectivity index (χ4v) is 3.43. The molecule has 2 nitrogen and oxygen atoms in total. The van der Waals surface area contributed by atoms with Gasteiger partial charge in [-0.3, -0.25) is 4.40 Å². The van der Waals surface area contributed by atoms with Gasteiger partial charge >= 0.3 is 0 Å². The third-order valence-electron chi connectivity index (χ3n) is 2.71. The molecule has 0 fully saturated rings. The van der Waals surface area contributed by atoms with Crippen molar-refractivity contribution in [2.75, 3.05) is 0 Å². The number of thiazole rings is 1. The first-order valence-electron chi connectivity index (χ1n) is 5.51. The molecule has 0 amide bonds. The summed E-state index contributed by atoms with van der Waals surface area (Å²) in [5.74, 6) is 0. The summed E-state index contributed by atoms with van der Waals surface area (Å²) in [6.07, 6.45) is 3.21. The molecule has 2 heterocycles. The molecule has 0 aliphatic rings. The summed E-state index contributed by atoms with van der Waals surface area (Å²) < 4.78 is 3.15. The number of benzene rings is 1. The van der Waals surface area contributed by atoms with E-state index in [9.17, 15) is 0 Å². The molecule has 0 saturated heterocycles. The fraction of sp³-hybridized carbons (Fsp3) is 0.154. The molecule has 0 aliphatic carbocycles. The summed E-state index contributed by atoms with van der Waals surface area (Å²) >= 11 is 5.39. The number of aromatic nitrogens is 2. The van der Waals surface area contributed by atoms with Crippen LogP contribution in [0, 0.1) is 0 Å². The van der Waals surface area contributed by atoms with Gasteiger partial charge in [-0.2, -0.15) is 0 Å². The van der Waals surface area contributed by atoms with E-state index in [0.717, 1.165) is 27.2 Å². The van der Waals surface area contributed by atoms with Crippen LogP contribution in [0.1, 0.15) is 11.8 Å². The minimum atomic E-state index is 1.01. The highest BCUT2D eigenvalue weighted by molar-refractivity contribution is 9.10. The van der Waals surface area contributed by atoms with Crippen molar-refractivity contribution in [1.29, 1.82) is 0 Å². The number of fused-ring (bicyclic) bond motifs is 1. The van der Waals surface area contributed by atoms with Crippen molar-refractivity contribution in [3.05, 3.63) is 46.0 Å². The molecule has 0 unspecified atom stereocenters. The predicted molar refractivity (Wildman–Crippen MR) is 75.6 cm³/mol. The first-order valence-corrected chi connectivity index (χ1v) is 7.12. The molecule has 2 aromatic heterocycles. The fourth-order valence-electron chi connectivity index (χ4n) is 1.81. The zero-order valence-corrected chi connectivity index (χ0v) is 11.8. The lowest BCUT2D eigenvalue weighted by Gasteiger charge is -1.96. The highest BCUT2D eigenvalue weighted by Crippen LogP contribution is 2.31. The van der Waals surface area contributed by atoms with Gasteiger partial charge in [-0.05, 0) is 22.4 Å². The Morgan fingerprint density at radius 2 is 2.06 bits per heavy atom. The Balaban J connectivity index is 2.19. The third-order valence-corrected chi connectivity index (χ3v) is 4.60. The maximum atomic E-state index is 4.69. The van der Waals surface area contributed by atoms with Crippen LogP contribution < -0.4 is 0 Å². The topological polar surface area (TPSA) is 17.3 Å². The molecular weight excluding hydrogens is 296 g/mol. The Labute approximate surface area is 112 Å². The Hall–Kier alpha value is -1.13. The summed E-state index contributed by atoms with van der Waals surface area (Å²) in [6.45, 7) is 2.16. The largest absolute Gasteiger partial charge is 0.284 e. The van der Waals surface area contributed by atoms with Gasteiger partial charge in [0.25, 0.3) is 0 Å². The van der Waals surface area contributed by atoms with Crippen LogP contribution in [-0.2, 0) is 6.42 Å². The van der Waals surface area contributed by atoms with E-state index in [0.29, 0.717) is 0 Å². The molecule has 0 spiro atoms. The van der Waals surface area contributed by atoms with Crippen LogP contribution in [0.2, 0.25) is 0 Å². The molecule has 17 heavy (non-hydrogen) atoms. The SMILES string of the molecule is CCc1cn2c(Br)c(-c3ccccc3)nc2s1. The molecule has 0 bridgehead atoms. The zero-order valence-electron chi connectivity index (χ0n) is 9.35. The molecule has 0 N–H and O–H groups in total. The van der Waals surface area contributed by atoms with Crippen molar-refractivity contribution >= 4 is 32.2 Å². The molecule has 0 aliphatic heterocycles. The van der Waals surface area contributed by atoms with Crippen LogP contribution in [0.15, 0.2) is 41.1 Å².